The maximum Gasteiger partial charge on any atom is 0.263 e. The number of rotatable bonds is 3. The molecule has 6 rings (SSSR count). The number of pyridine rings is 2. The van der Waals surface area contributed by atoms with E-state index < -0.39 is 0 Å². The monoisotopic (exact) mass is 520 g/mol. The lowest BCUT2D eigenvalue weighted by molar-refractivity contribution is 0.626. The maximum atomic E-state index is 13.8. The number of hydrogen-bond donors (Lipinski definition) is 2. The van der Waals surface area contributed by atoms with Crippen molar-refractivity contribution in [1.29, 1.82) is 0 Å². The number of fused-ring (bicyclic) bond motifs is 2. The van der Waals surface area contributed by atoms with Crippen LogP contribution in [0, 0.1) is 12.7 Å². The van der Waals surface area contributed by atoms with E-state index in [4.69, 9.17) is 11.5 Å². The Labute approximate surface area is 223 Å². The highest BCUT2D eigenvalue weighted by Gasteiger charge is 2.15. The molecule has 0 saturated carbocycles. The maximum absolute atomic E-state index is 13.8. The Bertz CT molecular complexity index is 1870. The molecule has 4 aromatic heterocycles. The average Bonchev–Trinajstić information content (AvgIpc) is 2.93. The van der Waals surface area contributed by atoms with E-state index in [-0.39, 0.29) is 17.3 Å². The van der Waals surface area contributed by atoms with Crippen LogP contribution in [0.5, 0.6) is 0 Å². The second-order valence-electron chi connectivity index (χ2n) is 8.74. The largest absolute Gasteiger partial charge is 0.382 e. The van der Waals surface area contributed by atoms with E-state index in [1.807, 2.05) is 38.1 Å². The van der Waals surface area contributed by atoms with Crippen molar-refractivity contribution in [3.63, 3.8) is 0 Å². The zero-order chi connectivity index (χ0) is 27.5. The first-order chi connectivity index (χ1) is 18.9. The number of aromatic nitrogens is 6. The van der Waals surface area contributed by atoms with Gasteiger partial charge in [0.2, 0.25) is 5.95 Å². The Morgan fingerprint density at radius 2 is 1.69 bits per heavy atom. The van der Waals surface area contributed by atoms with Gasteiger partial charge in [0, 0.05) is 29.8 Å². The van der Waals surface area contributed by atoms with Gasteiger partial charge in [-0.25, -0.2) is 19.3 Å². The summed E-state index contributed by atoms with van der Waals surface area (Å²) in [5.41, 5.74) is 14.9. The predicted molar refractivity (Wildman–Crippen MR) is 151 cm³/mol. The second-order valence-corrected chi connectivity index (χ2v) is 8.74. The van der Waals surface area contributed by atoms with Gasteiger partial charge in [-0.15, -0.1) is 0 Å². The molecule has 0 aliphatic rings. The van der Waals surface area contributed by atoms with Crippen LogP contribution in [0.4, 0.5) is 16.2 Å². The number of nitrogen functional groups attached to an aromatic ring is 2. The van der Waals surface area contributed by atoms with Crippen LogP contribution in [0.2, 0.25) is 0 Å². The smallest absolute Gasteiger partial charge is 0.263 e. The van der Waals surface area contributed by atoms with Crippen LogP contribution < -0.4 is 17.0 Å². The van der Waals surface area contributed by atoms with Gasteiger partial charge in [0.15, 0.2) is 5.82 Å². The van der Waals surface area contributed by atoms with Gasteiger partial charge in [-0.3, -0.25) is 14.3 Å². The molecule has 6 aromatic rings. The SMILES string of the molecule is CCc1cc2cccc(-c3cnc(C)nc3)c2c(=O)n1-c1cccc(F)c1.Nc1nc(N)c2ncccc2n1. The summed E-state index contributed by atoms with van der Waals surface area (Å²) in [6.45, 7) is 3.80. The lowest BCUT2D eigenvalue weighted by Crippen LogP contribution is -2.22. The Morgan fingerprint density at radius 1 is 0.923 bits per heavy atom. The third kappa shape index (κ3) is 5.12. The van der Waals surface area contributed by atoms with Crippen molar-refractivity contribution >= 4 is 33.6 Å². The summed E-state index contributed by atoms with van der Waals surface area (Å²) in [6.07, 6.45) is 5.73. The molecular formula is C29H25FN8O. The number of nitrogens with zero attached hydrogens (tertiary/aromatic N) is 6. The fraction of sp³-hybridized carbons (Fsp3) is 0.103. The first-order valence-corrected chi connectivity index (χ1v) is 12.2. The number of hydrogen-bond acceptors (Lipinski definition) is 8. The fourth-order valence-corrected chi connectivity index (χ4v) is 4.36. The minimum absolute atomic E-state index is 0.174. The van der Waals surface area contributed by atoms with E-state index in [1.165, 1.54) is 12.1 Å². The molecule has 0 bridgehead atoms. The van der Waals surface area contributed by atoms with Crippen molar-refractivity contribution in [2.45, 2.75) is 20.3 Å². The molecule has 10 heteroatoms. The molecule has 194 valence electrons. The number of aryl methyl sites for hydroxylation is 2. The van der Waals surface area contributed by atoms with Crippen molar-refractivity contribution in [2.24, 2.45) is 0 Å². The Morgan fingerprint density at radius 3 is 2.44 bits per heavy atom. The Balaban J connectivity index is 0.000000214. The van der Waals surface area contributed by atoms with Gasteiger partial charge in [0.1, 0.15) is 17.2 Å². The number of anilines is 2. The second kappa shape index (κ2) is 10.6. The molecule has 0 atom stereocenters. The van der Waals surface area contributed by atoms with Crippen LogP contribution in [-0.4, -0.2) is 29.5 Å². The summed E-state index contributed by atoms with van der Waals surface area (Å²) < 4.78 is 15.4. The van der Waals surface area contributed by atoms with E-state index in [0.29, 0.717) is 40.2 Å². The molecular weight excluding hydrogens is 495 g/mol. The normalized spacial score (nSPS) is 10.8. The van der Waals surface area contributed by atoms with Gasteiger partial charge < -0.3 is 11.5 Å². The third-order valence-electron chi connectivity index (χ3n) is 6.14. The van der Waals surface area contributed by atoms with Crippen LogP contribution in [0.25, 0.3) is 38.6 Å². The number of halogens is 1. The molecule has 4 heterocycles. The van der Waals surface area contributed by atoms with Gasteiger partial charge in [-0.05, 0) is 60.7 Å². The Hall–Kier alpha value is -5.25. The standard InChI is InChI=1S/C22H18FN3O.C7H7N5/c1-3-18-10-15-6-4-9-20(16-12-24-14(2)25-13-16)21(15)22(27)26(18)19-8-5-7-17(23)11-19;8-6-5-4(2-1-3-10-5)11-7(9)12-6/h4-13H,3H2,1-2H3;1-3H,(H4,8,9,11,12). The molecule has 0 amide bonds. The van der Waals surface area contributed by atoms with Gasteiger partial charge in [-0.2, -0.15) is 4.98 Å². The van der Waals surface area contributed by atoms with Crippen molar-refractivity contribution in [3.8, 4) is 16.8 Å². The number of nitrogens with two attached hydrogens (primary N) is 2. The van der Waals surface area contributed by atoms with Crippen molar-refractivity contribution < 1.29 is 4.39 Å². The lowest BCUT2D eigenvalue weighted by atomic mass is 10.00. The molecule has 0 fully saturated rings. The van der Waals surface area contributed by atoms with Crippen molar-refractivity contribution in [2.75, 3.05) is 11.5 Å². The van der Waals surface area contributed by atoms with Crippen LogP contribution in [0.1, 0.15) is 18.4 Å². The highest BCUT2D eigenvalue weighted by atomic mass is 19.1. The first kappa shape index (κ1) is 25.4. The molecule has 0 saturated heterocycles. The summed E-state index contributed by atoms with van der Waals surface area (Å²) in [5.74, 6) is 0.789. The number of benzene rings is 2. The van der Waals surface area contributed by atoms with E-state index in [9.17, 15) is 9.18 Å². The molecule has 2 aromatic carbocycles. The Kier molecular flexibility index (Phi) is 6.92. The molecule has 4 N–H and O–H groups in total. The van der Waals surface area contributed by atoms with Gasteiger partial charge in [-0.1, -0.05) is 31.2 Å². The molecule has 0 radical (unpaired) electrons. The predicted octanol–water partition coefficient (Wildman–Crippen LogP) is 4.65. The topological polar surface area (TPSA) is 138 Å². The van der Waals surface area contributed by atoms with Gasteiger partial charge >= 0.3 is 0 Å². The summed E-state index contributed by atoms with van der Waals surface area (Å²) in [5, 5.41) is 1.42. The van der Waals surface area contributed by atoms with E-state index in [1.54, 1.807) is 47.4 Å². The summed E-state index contributed by atoms with van der Waals surface area (Å²) in [6, 6.07) is 17.4. The third-order valence-corrected chi connectivity index (χ3v) is 6.14. The van der Waals surface area contributed by atoms with Crippen molar-refractivity contribution in [3.05, 3.63) is 107 Å². The molecule has 9 nitrogen and oxygen atoms in total. The fourth-order valence-electron chi connectivity index (χ4n) is 4.36. The van der Waals surface area contributed by atoms with E-state index in [0.717, 1.165) is 22.2 Å². The minimum atomic E-state index is -0.373. The van der Waals surface area contributed by atoms with E-state index in [2.05, 4.69) is 24.9 Å². The summed E-state index contributed by atoms with van der Waals surface area (Å²) in [4.78, 5) is 33.7. The van der Waals surface area contributed by atoms with Crippen LogP contribution in [-0.2, 0) is 6.42 Å². The minimum Gasteiger partial charge on any atom is -0.382 e. The summed E-state index contributed by atoms with van der Waals surface area (Å²) in [7, 11) is 0. The highest BCUT2D eigenvalue weighted by Crippen LogP contribution is 2.27. The molecule has 39 heavy (non-hydrogen) atoms. The lowest BCUT2D eigenvalue weighted by Gasteiger charge is -2.15. The average molecular weight is 521 g/mol. The van der Waals surface area contributed by atoms with E-state index >= 15 is 0 Å². The molecule has 0 aliphatic heterocycles. The molecule has 0 spiro atoms. The van der Waals surface area contributed by atoms with Crippen LogP contribution in [0.3, 0.4) is 0 Å². The van der Waals surface area contributed by atoms with Crippen LogP contribution in [0.15, 0.2) is 84.0 Å². The summed E-state index contributed by atoms with van der Waals surface area (Å²) >= 11 is 0. The van der Waals surface area contributed by atoms with Crippen LogP contribution >= 0.6 is 0 Å². The zero-order valence-electron chi connectivity index (χ0n) is 21.3. The molecule has 0 aliphatic carbocycles. The first-order valence-electron chi connectivity index (χ1n) is 12.2. The van der Waals surface area contributed by atoms with Crippen molar-refractivity contribution in [1.82, 2.24) is 29.5 Å². The quantitative estimate of drug-likeness (QED) is 0.344. The zero-order valence-corrected chi connectivity index (χ0v) is 21.3. The molecule has 0 unspecified atom stereocenters. The van der Waals surface area contributed by atoms with Gasteiger partial charge in [0.05, 0.1) is 16.6 Å². The highest BCUT2D eigenvalue weighted by molar-refractivity contribution is 5.96. The van der Waals surface area contributed by atoms with Gasteiger partial charge in [0.25, 0.3) is 5.56 Å².